The van der Waals surface area contributed by atoms with E-state index >= 15 is 0 Å². The second-order valence-electron chi connectivity index (χ2n) is 6.64. The molecule has 3 aromatic carbocycles. The minimum atomic E-state index is -3.72. The molecule has 0 aromatic heterocycles. The van der Waals surface area contributed by atoms with Crippen LogP contribution in [0.15, 0.2) is 83.8 Å². The van der Waals surface area contributed by atoms with E-state index in [0.29, 0.717) is 0 Å². The van der Waals surface area contributed by atoms with E-state index in [1.54, 1.807) is 12.1 Å². The maximum absolute atomic E-state index is 12.4. The second kappa shape index (κ2) is 8.37. The normalized spacial score (nSPS) is 12.4. The SMILES string of the molecule is C[C@H](NC(=O)Cc1ccc(-c2ccccc2)cc1)c1ccc(S(N)(=O)=O)cc1. The number of carbonyl (C=O) groups is 1. The first-order valence-corrected chi connectivity index (χ1v) is 10.4. The van der Waals surface area contributed by atoms with Gasteiger partial charge in [0.2, 0.25) is 15.9 Å². The molecule has 3 aromatic rings. The van der Waals surface area contributed by atoms with Crippen LogP contribution in [0.2, 0.25) is 0 Å². The van der Waals surface area contributed by atoms with Gasteiger partial charge < -0.3 is 5.32 Å². The Bertz CT molecular complexity index is 1050. The molecule has 1 amide bonds. The summed E-state index contributed by atoms with van der Waals surface area (Å²) in [5.74, 6) is -0.101. The fourth-order valence-electron chi connectivity index (χ4n) is 2.95. The van der Waals surface area contributed by atoms with Gasteiger partial charge in [0.1, 0.15) is 0 Å². The summed E-state index contributed by atoms with van der Waals surface area (Å²) < 4.78 is 22.6. The molecule has 0 aliphatic carbocycles. The van der Waals surface area contributed by atoms with Gasteiger partial charge in [-0.3, -0.25) is 4.79 Å². The number of rotatable bonds is 6. The van der Waals surface area contributed by atoms with Gasteiger partial charge in [0.15, 0.2) is 0 Å². The zero-order valence-electron chi connectivity index (χ0n) is 15.5. The Morgan fingerprint density at radius 2 is 1.46 bits per heavy atom. The number of carbonyl (C=O) groups excluding carboxylic acids is 1. The van der Waals surface area contributed by atoms with Gasteiger partial charge in [0.25, 0.3) is 0 Å². The van der Waals surface area contributed by atoms with Crippen molar-refractivity contribution in [1.29, 1.82) is 0 Å². The summed E-state index contributed by atoms with van der Waals surface area (Å²) in [6.07, 6.45) is 0.272. The number of nitrogens with one attached hydrogen (secondary N) is 1. The first-order valence-electron chi connectivity index (χ1n) is 8.89. The van der Waals surface area contributed by atoms with Gasteiger partial charge >= 0.3 is 0 Å². The number of primary sulfonamides is 1. The second-order valence-corrected chi connectivity index (χ2v) is 8.20. The van der Waals surface area contributed by atoms with Gasteiger partial charge in [0.05, 0.1) is 17.4 Å². The van der Waals surface area contributed by atoms with Crippen LogP contribution in [0.3, 0.4) is 0 Å². The van der Waals surface area contributed by atoms with Gasteiger partial charge in [-0.15, -0.1) is 0 Å². The van der Waals surface area contributed by atoms with Crippen molar-refractivity contribution in [1.82, 2.24) is 5.32 Å². The summed E-state index contributed by atoms with van der Waals surface area (Å²) in [6.45, 7) is 1.85. The molecule has 0 spiro atoms. The molecule has 0 saturated carbocycles. The molecule has 0 aliphatic heterocycles. The zero-order valence-corrected chi connectivity index (χ0v) is 16.3. The summed E-state index contributed by atoms with van der Waals surface area (Å²) >= 11 is 0. The van der Waals surface area contributed by atoms with Gasteiger partial charge in [-0.05, 0) is 41.3 Å². The highest BCUT2D eigenvalue weighted by Gasteiger charge is 2.12. The summed E-state index contributed by atoms with van der Waals surface area (Å²) in [7, 11) is -3.72. The van der Waals surface area contributed by atoms with Crippen LogP contribution in [0.25, 0.3) is 11.1 Å². The topological polar surface area (TPSA) is 89.3 Å². The largest absolute Gasteiger partial charge is 0.349 e. The van der Waals surface area contributed by atoms with E-state index in [0.717, 1.165) is 22.3 Å². The number of nitrogens with two attached hydrogens (primary N) is 1. The highest BCUT2D eigenvalue weighted by Crippen LogP contribution is 2.20. The molecular formula is C22H22N2O3S. The average molecular weight is 394 g/mol. The Balaban J connectivity index is 1.60. The molecule has 3 rings (SSSR count). The molecule has 0 saturated heterocycles. The number of benzene rings is 3. The third-order valence-corrected chi connectivity index (χ3v) is 5.44. The number of sulfonamides is 1. The predicted octanol–water partition coefficient (Wildman–Crippen LogP) is 3.42. The van der Waals surface area contributed by atoms with Gasteiger partial charge in [0, 0.05) is 0 Å². The maximum Gasteiger partial charge on any atom is 0.238 e. The lowest BCUT2D eigenvalue weighted by molar-refractivity contribution is -0.121. The van der Waals surface area contributed by atoms with E-state index in [1.165, 1.54) is 12.1 Å². The first kappa shape index (κ1) is 19.8. The van der Waals surface area contributed by atoms with Crippen molar-refractivity contribution < 1.29 is 13.2 Å². The van der Waals surface area contributed by atoms with Gasteiger partial charge in [-0.25, -0.2) is 13.6 Å². The van der Waals surface area contributed by atoms with Crippen LogP contribution in [0, 0.1) is 0 Å². The molecule has 1 atom stereocenters. The Hall–Kier alpha value is -2.96. The van der Waals surface area contributed by atoms with Crippen LogP contribution in [-0.4, -0.2) is 14.3 Å². The third kappa shape index (κ3) is 5.06. The van der Waals surface area contributed by atoms with E-state index in [1.807, 2.05) is 61.5 Å². The first-order chi connectivity index (χ1) is 13.3. The van der Waals surface area contributed by atoms with Crippen LogP contribution in [0.1, 0.15) is 24.1 Å². The average Bonchev–Trinajstić information content (AvgIpc) is 2.68. The van der Waals surface area contributed by atoms with Gasteiger partial charge in [-0.1, -0.05) is 66.7 Å². The minimum absolute atomic E-state index is 0.0493. The summed E-state index contributed by atoms with van der Waals surface area (Å²) in [4.78, 5) is 12.4. The Morgan fingerprint density at radius 1 is 0.893 bits per heavy atom. The van der Waals surface area contributed by atoms with Crippen LogP contribution in [-0.2, 0) is 21.2 Å². The van der Waals surface area contributed by atoms with Crippen molar-refractivity contribution in [3.05, 3.63) is 90.0 Å². The van der Waals surface area contributed by atoms with Crippen LogP contribution < -0.4 is 10.5 Å². The van der Waals surface area contributed by atoms with Crippen molar-refractivity contribution in [2.75, 3.05) is 0 Å². The maximum atomic E-state index is 12.4. The minimum Gasteiger partial charge on any atom is -0.349 e. The lowest BCUT2D eigenvalue weighted by Crippen LogP contribution is -2.28. The Kier molecular flexibility index (Phi) is 5.92. The molecular weight excluding hydrogens is 372 g/mol. The van der Waals surface area contributed by atoms with E-state index in [-0.39, 0.29) is 23.3 Å². The molecule has 0 aliphatic rings. The van der Waals surface area contributed by atoms with Crippen LogP contribution in [0.4, 0.5) is 0 Å². The number of hydrogen-bond acceptors (Lipinski definition) is 3. The number of hydrogen-bond donors (Lipinski definition) is 2. The third-order valence-electron chi connectivity index (χ3n) is 4.51. The summed E-state index contributed by atoms with van der Waals surface area (Å²) in [5, 5.41) is 8.03. The van der Waals surface area contributed by atoms with Crippen molar-refractivity contribution in [3.63, 3.8) is 0 Å². The zero-order chi connectivity index (χ0) is 20.1. The Labute approximate surface area is 165 Å². The predicted molar refractivity (Wildman–Crippen MR) is 110 cm³/mol. The molecule has 3 N–H and O–H groups in total. The Morgan fingerprint density at radius 3 is 2.04 bits per heavy atom. The van der Waals surface area contributed by atoms with Gasteiger partial charge in [-0.2, -0.15) is 0 Å². The van der Waals surface area contributed by atoms with Crippen LogP contribution in [0.5, 0.6) is 0 Å². The van der Waals surface area contributed by atoms with Crippen molar-refractivity contribution in [2.45, 2.75) is 24.3 Å². The molecule has 0 bridgehead atoms. The van der Waals surface area contributed by atoms with E-state index in [4.69, 9.17) is 5.14 Å². The summed E-state index contributed by atoms with van der Waals surface area (Å²) in [5.41, 5.74) is 3.97. The fraction of sp³-hybridized carbons (Fsp3) is 0.136. The number of amides is 1. The molecule has 6 heteroatoms. The van der Waals surface area contributed by atoms with Crippen molar-refractivity contribution in [3.8, 4) is 11.1 Å². The fourth-order valence-corrected chi connectivity index (χ4v) is 3.47. The van der Waals surface area contributed by atoms with Crippen LogP contribution >= 0.6 is 0 Å². The molecule has 28 heavy (non-hydrogen) atoms. The van der Waals surface area contributed by atoms with E-state index in [9.17, 15) is 13.2 Å². The lowest BCUT2D eigenvalue weighted by Gasteiger charge is -2.15. The molecule has 0 heterocycles. The highest BCUT2D eigenvalue weighted by atomic mass is 32.2. The summed E-state index contributed by atoms with van der Waals surface area (Å²) in [6, 6.07) is 23.9. The van der Waals surface area contributed by atoms with E-state index < -0.39 is 10.0 Å². The lowest BCUT2D eigenvalue weighted by atomic mass is 10.0. The quantitative estimate of drug-likeness (QED) is 0.671. The van der Waals surface area contributed by atoms with E-state index in [2.05, 4.69) is 5.32 Å². The monoisotopic (exact) mass is 394 g/mol. The highest BCUT2D eigenvalue weighted by molar-refractivity contribution is 7.89. The molecule has 0 radical (unpaired) electrons. The molecule has 0 unspecified atom stereocenters. The standard InChI is InChI=1S/C22H22N2O3S/c1-16(18-11-13-21(14-12-18)28(23,26)27)24-22(25)15-17-7-9-20(10-8-17)19-5-3-2-4-6-19/h2-14,16H,15H2,1H3,(H,24,25)(H2,23,26,27)/t16-/m0/s1. The van der Waals surface area contributed by atoms with Crippen molar-refractivity contribution in [2.24, 2.45) is 5.14 Å². The molecule has 5 nitrogen and oxygen atoms in total. The molecule has 0 fully saturated rings. The molecule has 144 valence electrons. The van der Waals surface area contributed by atoms with Crippen molar-refractivity contribution >= 4 is 15.9 Å². The smallest absolute Gasteiger partial charge is 0.238 e.